The highest BCUT2D eigenvalue weighted by atomic mass is 19.3. The number of methoxy groups -OCH3 is 2. The van der Waals surface area contributed by atoms with Crippen LogP contribution in [0, 0.1) is 0 Å². The van der Waals surface area contributed by atoms with Gasteiger partial charge in [-0.1, -0.05) is 30.3 Å². The average molecular weight is 377 g/mol. The molecule has 0 aliphatic carbocycles. The van der Waals surface area contributed by atoms with Gasteiger partial charge in [-0.3, -0.25) is 4.79 Å². The summed E-state index contributed by atoms with van der Waals surface area (Å²) in [6, 6.07) is 12.2. The molecule has 0 aromatic heterocycles. The van der Waals surface area contributed by atoms with Gasteiger partial charge in [0, 0.05) is 19.7 Å². The van der Waals surface area contributed by atoms with E-state index in [1.165, 1.54) is 25.3 Å². The quantitative estimate of drug-likeness (QED) is 0.676. The van der Waals surface area contributed by atoms with E-state index in [1.807, 2.05) is 24.3 Å². The van der Waals surface area contributed by atoms with Crippen LogP contribution >= 0.6 is 0 Å². The zero-order chi connectivity index (χ0) is 19.6. The van der Waals surface area contributed by atoms with E-state index < -0.39 is 6.61 Å². The first-order valence-electron chi connectivity index (χ1n) is 8.17. The summed E-state index contributed by atoms with van der Waals surface area (Å²) >= 11 is 0. The van der Waals surface area contributed by atoms with Gasteiger partial charge in [0.15, 0.2) is 11.5 Å². The van der Waals surface area contributed by atoms with Crippen LogP contribution < -0.4 is 14.8 Å². The Morgan fingerprint density at radius 1 is 1.11 bits per heavy atom. The van der Waals surface area contributed by atoms with E-state index in [-0.39, 0.29) is 17.4 Å². The molecule has 0 unspecified atom stereocenters. The summed E-state index contributed by atoms with van der Waals surface area (Å²) in [4.78, 5) is 12.0. The minimum absolute atomic E-state index is 0.0648. The van der Waals surface area contributed by atoms with Gasteiger partial charge in [0.25, 0.3) is 0 Å². The highest BCUT2D eigenvalue weighted by Gasteiger charge is 2.10. The first-order valence-corrected chi connectivity index (χ1v) is 8.17. The molecule has 0 fully saturated rings. The minimum atomic E-state index is -2.94. The molecule has 2 rings (SSSR count). The van der Waals surface area contributed by atoms with E-state index in [2.05, 4.69) is 10.1 Å². The Hall–Kier alpha value is -2.93. The Labute approximate surface area is 156 Å². The summed E-state index contributed by atoms with van der Waals surface area (Å²) in [6.45, 7) is -2.05. The number of amides is 1. The summed E-state index contributed by atoms with van der Waals surface area (Å²) in [5, 5.41) is 2.78. The van der Waals surface area contributed by atoms with E-state index in [1.54, 1.807) is 19.3 Å². The van der Waals surface area contributed by atoms with Crippen molar-refractivity contribution in [3.63, 3.8) is 0 Å². The lowest BCUT2D eigenvalue weighted by molar-refractivity contribution is -0.116. The Morgan fingerprint density at radius 3 is 2.59 bits per heavy atom. The molecule has 0 saturated heterocycles. The molecule has 2 aromatic rings. The molecule has 1 amide bonds. The van der Waals surface area contributed by atoms with E-state index in [4.69, 9.17) is 9.47 Å². The maximum absolute atomic E-state index is 12.3. The monoisotopic (exact) mass is 377 g/mol. The number of ether oxygens (including phenoxy) is 3. The fourth-order valence-electron chi connectivity index (χ4n) is 2.40. The standard InChI is InChI=1S/C20H21F2NO4/c1-25-13-16-5-3-4-15(10-16)12-23-19(24)9-7-14-6-8-17(27-20(21)22)18(11-14)26-2/h3-11,20H,12-13H2,1-2H3,(H,23,24)/b9-7+. The van der Waals surface area contributed by atoms with E-state index in [0.717, 1.165) is 11.1 Å². The molecule has 5 nitrogen and oxygen atoms in total. The molecule has 1 N–H and O–H groups in total. The van der Waals surface area contributed by atoms with Crippen molar-refractivity contribution in [2.24, 2.45) is 0 Å². The second kappa shape index (κ2) is 10.3. The molecule has 0 bridgehead atoms. The van der Waals surface area contributed by atoms with Crippen LogP contribution in [0.25, 0.3) is 6.08 Å². The zero-order valence-corrected chi connectivity index (χ0v) is 15.1. The highest BCUT2D eigenvalue weighted by molar-refractivity contribution is 5.91. The maximum atomic E-state index is 12.3. The van der Waals surface area contributed by atoms with Crippen LogP contribution in [0.1, 0.15) is 16.7 Å². The number of nitrogens with one attached hydrogen (secondary N) is 1. The molecule has 0 aliphatic rings. The second-order valence-electron chi connectivity index (χ2n) is 5.59. The van der Waals surface area contributed by atoms with Crippen molar-refractivity contribution >= 4 is 12.0 Å². The van der Waals surface area contributed by atoms with Crippen LogP contribution in [0.5, 0.6) is 11.5 Å². The van der Waals surface area contributed by atoms with Gasteiger partial charge in [0.1, 0.15) is 0 Å². The number of carbonyl (C=O) groups excluding carboxylic acids is 1. The Balaban J connectivity index is 1.95. The smallest absolute Gasteiger partial charge is 0.387 e. The Kier molecular flexibility index (Phi) is 7.76. The van der Waals surface area contributed by atoms with Crippen molar-refractivity contribution in [2.45, 2.75) is 19.8 Å². The van der Waals surface area contributed by atoms with Crippen LogP contribution in [-0.2, 0) is 22.7 Å². The summed E-state index contributed by atoms with van der Waals surface area (Å²) < 4.78 is 39.1. The van der Waals surface area contributed by atoms with Gasteiger partial charge < -0.3 is 19.5 Å². The summed E-state index contributed by atoms with van der Waals surface area (Å²) in [5.41, 5.74) is 2.60. The fraction of sp³-hybridized carbons (Fsp3) is 0.250. The SMILES string of the molecule is COCc1cccc(CNC(=O)/C=C/c2ccc(OC(F)F)c(OC)c2)c1. The lowest BCUT2D eigenvalue weighted by Gasteiger charge is -2.10. The maximum Gasteiger partial charge on any atom is 0.387 e. The molecule has 0 aliphatic heterocycles. The highest BCUT2D eigenvalue weighted by Crippen LogP contribution is 2.29. The fourth-order valence-corrected chi connectivity index (χ4v) is 2.40. The number of rotatable bonds is 9. The summed E-state index contributed by atoms with van der Waals surface area (Å²) in [6.07, 6.45) is 2.92. The molecule has 144 valence electrons. The molecule has 2 aromatic carbocycles. The first-order chi connectivity index (χ1) is 13.0. The van der Waals surface area contributed by atoms with Gasteiger partial charge in [-0.05, 0) is 34.9 Å². The van der Waals surface area contributed by atoms with Crippen molar-refractivity contribution < 1.29 is 27.8 Å². The average Bonchev–Trinajstić information content (AvgIpc) is 2.65. The van der Waals surface area contributed by atoms with Crippen LogP contribution in [0.15, 0.2) is 48.5 Å². The first kappa shape index (κ1) is 20.4. The van der Waals surface area contributed by atoms with Crippen LogP contribution in [-0.4, -0.2) is 26.7 Å². The largest absolute Gasteiger partial charge is 0.493 e. The summed E-state index contributed by atoms with van der Waals surface area (Å²) in [5.74, 6) is -0.183. The summed E-state index contributed by atoms with van der Waals surface area (Å²) in [7, 11) is 2.98. The van der Waals surface area contributed by atoms with Crippen molar-refractivity contribution in [1.29, 1.82) is 0 Å². The molecule has 0 atom stereocenters. The number of carbonyl (C=O) groups is 1. The van der Waals surface area contributed by atoms with Gasteiger partial charge in [0.2, 0.25) is 5.91 Å². The molecular formula is C20H21F2NO4. The number of halogens is 2. The van der Waals surface area contributed by atoms with Gasteiger partial charge in [-0.25, -0.2) is 0 Å². The Morgan fingerprint density at radius 2 is 1.89 bits per heavy atom. The molecule has 27 heavy (non-hydrogen) atoms. The zero-order valence-electron chi connectivity index (χ0n) is 15.1. The molecule has 0 radical (unpaired) electrons. The minimum Gasteiger partial charge on any atom is -0.493 e. The van der Waals surface area contributed by atoms with Crippen molar-refractivity contribution in [3.8, 4) is 11.5 Å². The van der Waals surface area contributed by atoms with Gasteiger partial charge in [-0.15, -0.1) is 0 Å². The third kappa shape index (κ3) is 6.71. The molecule has 7 heteroatoms. The third-order valence-corrected chi connectivity index (χ3v) is 3.60. The van der Waals surface area contributed by atoms with E-state index in [9.17, 15) is 13.6 Å². The molecule has 0 spiro atoms. The Bertz CT molecular complexity index is 793. The topological polar surface area (TPSA) is 56.8 Å². The third-order valence-electron chi connectivity index (χ3n) is 3.60. The number of hydrogen-bond acceptors (Lipinski definition) is 4. The number of benzene rings is 2. The van der Waals surface area contributed by atoms with Gasteiger partial charge in [-0.2, -0.15) is 8.78 Å². The lowest BCUT2D eigenvalue weighted by atomic mass is 10.1. The molecular weight excluding hydrogens is 356 g/mol. The molecule has 0 heterocycles. The van der Waals surface area contributed by atoms with Crippen LogP contribution in [0.4, 0.5) is 8.78 Å². The van der Waals surface area contributed by atoms with Crippen LogP contribution in [0.2, 0.25) is 0 Å². The van der Waals surface area contributed by atoms with Crippen LogP contribution in [0.3, 0.4) is 0 Å². The second-order valence-corrected chi connectivity index (χ2v) is 5.59. The number of alkyl halides is 2. The number of hydrogen-bond donors (Lipinski definition) is 1. The van der Waals surface area contributed by atoms with Gasteiger partial charge in [0.05, 0.1) is 13.7 Å². The molecule has 0 saturated carbocycles. The normalized spacial score (nSPS) is 11.0. The van der Waals surface area contributed by atoms with E-state index in [0.29, 0.717) is 18.7 Å². The van der Waals surface area contributed by atoms with Crippen molar-refractivity contribution in [1.82, 2.24) is 5.32 Å². The van der Waals surface area contributed by atoms with E-state index >= 15 is 0 Å². The van der Waals surface area contributed by atoms with Crippen molar-refractivity contribution in [3.05, 3.63) is 65.2 Å². The lowest BCUT2D eigenvalue weighted by Crippen LogP contribution is -2.20. The van der Waals surface area contributed by atoms with Gasteiger partial charge >= 0.3 is 6.61 Å². The predicted octanol–water partition coefficient (Wildman–Crippen LogP) is 3.77. The predicted molar refractivity (Wildman–Crippen MR) is 97.7 cm³/mol. The van der Waals surface area contributed by atoms with Crippen molar-refractivity contribution in [2.75, 3.05) is 14.2 Å².